The van der Waals surface area contributed by atoms with Gasteiger partial charge in [-0.2, -0.15) is 13.2 Å². The third-order valence-electron chi connectivity index (χ3n) is 5.14. The van der Waals surface area contributed by atoms with Crippen molar-refractivity contribution in [3.8, 4) is 0 Å². The number of carboxylic acids is 1. The quantitative estimate of drug-likeness (QED) is 0.417. The zero-order chi connectivity index (χ0) is 25.8. The third-order valence-corrected chi connectivity index (χ3v) is 6.60. The number of carboxylic acid groups (broad SMARTS) is 1. The van der Waals surface area contributed by atoms with Crippen LogP contribution in [0.5, 0.6) is 0 Å². The molecule has 7 nitrogen and oxygen atoms in total. The summed E-state index contributed by atoms with van der Waals surface area (Å²) in [6.45, 7) is 1.62. The zero-order valence-electron chi connectivity index (χ0n) is 18.4. The molecule has 35 heavy (non-hydrogen) atoms. The second-order valence-corrected chi connectivity index (χ2v) is 9.42. The van der Waals surface area contributed by atoms with Crippen LogP contribution in [0, 0.1) is 6.92 Å². The van der Waals surface area contributed by atoms with E-state index in [1.165, 1.54) is 12.1 Å². The SMILES string of the molecule is Cc1ccc(S(=O)(=O)NCCc2ccc(NC(=O)c3ccc(C(F)(F)F)cc3)cc2)cc1C(=O)O. The third kappa shape index (κ3) is 6.67. The fourth-order valence-corrected chi connectivity index (χ4v) is 4.24. The maximum Gasteiger partial charge on any atom is 0.416 e. The highest BCUT2D eigenvalue weighted by Gasteiger charge is 2.30. The summed E-state index contributed by atoms with van der Waals surface area (Å²) in [6.07, 6.45) is -4.16. The smallest absolute Gasteiger partial charge is 0.416 e. The highest BCUT2D eigenvalue weighted by Crippen LogP contribution is 2.29. The fourth-order valence-electron chi connectivity index (χ4n) is 3.18. The number of sulfonamides is 1. The van der Waals surface area contributed by atoms with Crippen molar-refractivity contribution in [3.05, 3.63) is 94.5 Å². The van der Waals surface area contributed by atoms with Gasteiger partial charge in [0, 0.05) is 17.8 Å². The number of carbonyl (C=O) groups is 2. The van der Waals surface area contributed by atoms with Crippen LogP contribution in [0.4, 0.5) is 18.9 Å². The van der Waals surface area contributed by atoms with Crippen LogP contribution in [-0.2, 0) is 22.6 Å². The number of aryl methyl sites for hydroxylation is 1. The van der Waals surface area contributed by atoms with E-state index in [4.69, 9.17) is 0 Å². The Kier molecular flexibility index (Phi) is 7.61. The van der Waals surface area contributed by atoms with Gasteiger partial charge in [-0.3, -0.25) is 4.79 Å². The minimum absolute atomic E-state index is 0.0515. The van der Waals surface area contributed by atoms with Crippen LogP contribution in [-0.4, -0.2) is 31.9 Å². The van der Waals surface area contributed by atoms with Crippen LogP contribution in [0.3, 0.4) is 0 Å². The van der Waals surface area contributed by atoms with Crippen molar-refractivity contribution in [3.63, 3.8) is 0 Å². The number of alkyl halides is 3. The van der Waals surface area contributed by atoms with E-state index < -0.39 is 33.6 Å². The summed E-state index contributed by atoms with van der Waals surface area (Å²) in [7, 11) is -3.91. The van der Waals surface area contributed by atoms with Gasteiger partial charge in [0.05, 0.1) is 16.0 Å². The Hall–Kier alpha value is -3.70. The standard InChI is InChI=1S/C24H21F3N2O5S/c1-15-2-11-20(14-21(15)23(31)32)35(33,34)28-13-12-16-3-9-19(10-4-16)29-22(30)17-5-7-18(8-6-17)24(25,26)27/h2-11,14,28H,12-13H2,1H3,(H,29,30)(H,31,32). The lowest BCUT2D eigenvalue weighted by Crippen LogP contribution is -2.26. The molecule has 184 valence electrons. The molecule has 0 aliphatic carbocycles. The Labute approximate surface area is 199 Å². The van der Waals surface area contributed by atoms with Crippen LogP contribution < -0.4 is 10.0 Å². The van der Waals surface area contributed by atoms with E-state index in [2.05, 4.69) is 10.0 Å². The molecule has 11 heteroatoms. The Morgan fingerprint density at radius 3 is 2.14 bits per heavy atom. The highest BCUT2D eigenvalue weighted by atomic mass is 32.2. The lowest BCUT2D eigenvalue weighted by atomic mass is 10.1. The number of halogens is 3. The second-order valence-electron chi connectivity index (χ2n) is 7.66. The fraction of sp³-hybridized carbons (Fsp3) is 0.167. The molecule has 0 saturated carbocycles. The molecule has 0 spiro atoms. The van der Waals surface area contributed by atoms with Gasteiger partial charge in [-0.1, -0.05) is 18.2 Å². The summed E-state index contributed by atoms with van der Waals surface area (Å²) in [4.78, 5) is 23.3. The van der Waals surface area contributed by atoms with Gasteiger partial charge in [0.1, 0.15) is 0 Å². The molecule has 0 unspecified atom stereocenters. The van der Waals surface area contributed by atoms with Crippen LogP contribution in [0.2, 0.25) is 0 Å². The first-order valence-electron chi connectivity index (χ1n) is 10.3. The van der Waals surface area contributed by atoms with Crippen molar-refractivity contribution < 1.29 is 36.3 Å². The molecule has 3 N–H and O–H groups in total. The molecule has 0 radical (unpaired) electrons. The number of hydrogen-bond acceptors (Lipinski definition) is 4. The van der Waals surface area contributed by atoms with E-state index in [1.807, 2.05) is 0 Å². The molecule has 0 aliphatic heterocycles. The Morgan fingerprint density at radius 2 is 1.57 bits per heavy atom. The maximum absolute atomic E-state index is 12.6. The summed E-state index contributed by atoms with van der Waals surface area (Å²) >= 11 is 0. The molecule has 0 heterocycles. The number of amides is 1. The molecule has 0 aromatic heterocycles. The van der Waals surface area contributed by atoms with Crippen molar-refractivity contribution in [2.45, 2.75) is 24.4 Å². The summed E-state index contributed by atoms with van der Waals surface area (Å²) in [5, 5.41) is 11.8. The van der Waals surface area contributed by atoms with Gasteiger partial charge in [-0.25, -0.2) is 17.9 Å². The number of nitrogens with one attached hydrogen (secondary N) is 2. The molecule has 0 atom stereocenters. The second kappa shape index (κ2) is 10.3. The van der Waals surface area contributed by atoms with E-state index in [9.17, 15) is 36.3 Å². The summed E-state index contributed by atoms with van der Waals surface area (Å²) in [6, 6.07) is 14.2. The van der Waals surface area contributed by atoms with Crippen LogP contribution in [0.15, 0.2) is 71.6 Å². The Bertz CT molecular complexity index is 1340. The Morgan fingerprint density at radius 1 is 0.943 bits per heavy atom. The predicted molar refractivity (Wildman–Crippen MR) is 123 cm³/mol. The molecule has 1 amide bonds. The molecular formula is C24H21F3N2O5S. The number of carbonyl (C=O) groups excluding carboxylic acids is 1. The van der Waals surface area contributed by atoms with Crippen LogP contribution in [0.25, 0.3) is 0 Å². The van der Waals surface area contributed by atoms with Gasteiger partial charge in [0.2, 0.25) is 10.0 Å². The first-order valence-corrected chi connectivity index (χ1v) is 11.8. The van der Waals surface area contributed by atoms with E-state index in [-0.39, 0.29) is 22.6 Å². The first-order chi connectivity index (χ1) is 16.4. The average molecular weight is 507 g/mol. The topological polar surface area (TPSA) is 113 Å². The van der Waals surface area contributed by atoms with E-state index in [0.717, 1.165) is 35.9 Å². The van der Waals surface area contributed by atoms with Crippen molar-refractivity contribution in [2.24, 2.45) is 0 Å². The minimum Gasteiger partial charge on any atom is -0.478 e. The van der Waals surface area contributed by atoms with Gasteiger partial charge in [-0.15, -0.1) is 0 Å². The lowest BCUT2D eigenvalue weighted by Gasteiger charge is -2.10. The van der Waals surface area contributed by atoms with Crippen LogP contribution >= 0.6 is 0 Å². The van der Waals surface area contributed by atoms with Gasteiger partial charge in [0.15, 0.2) is 0 Å². The molecule has 3 aromatic rings. The molecule has 3 rings (SSSR count). The largest absolute Gasteiger partial charge is 0.478 e. The summed E-state index contributed by atoms with van der Waals surface area (Å²) in [5.74, 6) is -1.79. The predicted octanol–water partition coefficient (Wildman–Crippen LogP) is 4.49. The highest BCUT2D eigenvalue weighted by molar-refractivity contribution is 7.89. The van der Waals surface area contributed by atoms with Gasteiger partial charge in [-0.05, 0) is 73.0 Å². The van der Waals surface area contributed by atoms with Crippen LogP contribution in [0.1, 0.15) is 37.4 Å². The van der Waals surface area contributed by atoms with E-state index >= 15 is 0 Å². The number of anilines is 1. The van der Waals surface area contributed by atoms with Crippen molar-refractivity contribution in [1.82, 2.24) is 4.72 Å². The van der Waals surface area contributed by atoms with E-state index in [1.54, 1.807) is 31.2 Å². The number of rotatable bonds is 8. The van der Waals surface area contributed by atoms with Crippen molar-refractivity contribution in [1.29, 1.82) is 0 Å². The molecule has 0 aliphatic rings. The molecule has 0 fully saturated rings. The van der Waals surface area contributed by atoms with Crippen molar-refractivity contribution in [2.75, 3.05) is 11.9 Å². The van der Waals surface area contributed by atoms with Crippen molar-refractivity contribution >= 4 is 27.6 Å². The van der Waals surface area contributed by atoms with E-state index in [0.29, 0.717) is 17.7 Å². The van der Waals surface area contributed by atoms with Gasteiger partial charge < -0.3 is 10.4 Å². The number of aromatic carboxylic acids is 1. The number of hydrogen-bond donors (Lipinski definition) is 3. The first kappa shape index (κ1) is 25.9. The minimum atomic E-state index is -4.49. The van der Waals surface area contributed by atoms with Gasteiger partial charge >= 0.3 is 12.1 Å². The molecular weight excluding hydrogens is 485 g/mol. The zero-order valence-corrected chi connectivity index (χ0v) is 19.2. The molecule has 0 bridgehead atoms. The normalized spacial score (nSPS) is 11.8. The summed E-state index contributed by atoms with van der Waals surface area (Å²) < 4.78 is 65.3. The molecule has 3 aromatic carbocycles. The number of benzene rings is 3. The molecule has 0 saturated heterocycles. The van der Waals surface area contributed by atoms with Gasteiger partial charge in [0.25, 0.3) is 5.91 Å². The maximum atomic E-state index is 12.6. The lowest BCUT2D eigenvalue weighted by molar-refractivity contribution is -0.137. The monoisotopic (exact) mass is 506 g/mol. The Balaban J connectivity index is 1.56. The summed E-state index contributed by atoms with van der Waals surface area (Å²) in [5.41, 5.74) is 0.747. The average Bonchev–Trinajstić information content (AvgIpc) is 2.79.